The van der Waals surface area contributed by atoms with Gasteiger partial charge in [0.25, 0.3) is 5.91 Å². The number of urea groups is 1. The average Bonchev–Trinajstić information content (AvgIpc) is 2.15. The molecule has 0 radical (unpaired) electrons. The van der Waals surface area contributed by atoms with Gasteiger partial charge in [-0.3, -0.25) is 9.69 Å². The fourth-order valence-corrected chi connectivity index (χ4v) is 0.971. The van der Waals surface area contributed by atoms with Crippen molar-refractivity contribution in [1.82, 2.24) is 10.2 Å². The van der Waals surface area contributed by atoms with Crippen LogP contribution in [-0.2, 0) is 4.79 Å². The van der Waals surface area contributed by atoms with Crippen LogP contribution in [-0.4, -0.2) is 35.6 Å². The van der Waals surface area contributed by atoms with Crippen molar-refractivity contribution in [2.24, 2.45) is 0 Å². The van der Waals surface area contributed by atoms with Gasteiger partial charge in [0.05, 0.1) is 0 Å². The van der Waals surface area contributed by atoms with E-state index in [1.165, 1.54) is 0 Å². The molecule has 13 heavy (non-hydrogen) atoms. The lowest BCUT2D eigenvalue weighted by atomic mass is 10.0. The summed E-state index contributed by atoms with van der Waals surface area (Å²) in [5, 5.41) is 1.58. The van der Waals surface area contributed by atoms with Crippen molar-refractivity contribution in [3.63, 3.8) is 0 Å². The van der Waals surface area contributed by atoms with Crippen LogP contribution in [0, 0.1) is 0 Å². The molecule has 1 rings (SSSR count). The van der Waals surface area contributed by atoms with Crippen LogP contribution in [0.4, 0.5) is 18.0 Å². The molecule has 0 saturated carbocycles. The highest BCUT2D eigenvalue weighted by molar-refractivity contribution is 6.07. The second-order valence-electron chi connectivity index (χ2n) is 2.92. The normalized spacial score (nSPS) is 29.5. The summed E-state index contributed by atoms with van der Waals surface area (Å²) in [5.41, 5.74) is -2.78. The first-order chi connectivity index (χ1) is 5.70. The zero-order chi connectivity index (χ0) is 10.4. The van der Waals surface area contributed by atoms with Crippen molar-refractivity contribution in [2.45, 2.75) is 18.6 Å². The van der Waals surface area contributed by atoms with Crippen LogP contribution in [0.2, 0.25) is 0 Å². The van der Waals surface area contributed by atoms with E-state index in [1.807, 2.05) is 0 Å². The van der Waals surface area contributed by atoms with Crippen LogP contribution >= 0.6 is 0 Å². The predicted molar refractivity (Wildman–Crippen MR) is 35.8 cm³/mol. The molecule has 0 aromatic carbocycles. The third kappa shape index (κ3) is 1.14. The van der Waals surface area contributed by atoms with Crippen LogP contribution in [0.1, 0.15) is 6.92 Å². The topological polar surface area (TPSA) is 49.4 Å². The Morgan fingerprint density at radius 2 is 1.85 bits per heavy atom. The van der Waals surface area contributed by atoms with Crippen LogP contribution in [0.15, 0.2) is 0 Å². The van der Waals surface area contributed by atoms with Crippen molar-refractivity contribution in [2.75, 3.05) is 7.05 Å². The second-order valence-corrected chi connectivity index (χ2v) is 2.92. The number of amides is 3. The summed E-state index contributed by atoms with van der Waals surface area (Å²) >= 11 is 0. The molecule has 0 spiro atoms. The molecule has 0 aromatic heterocycles. The molecule has 1 saturated heterocycles. The molecule has 1 atom stereocenters. The van der Waals surface area contributed by atoms with Crippen molar-refractivity contribution < 1.29 is 22.8 Å². The molecule has 1 aliphatic heterocycles. The number of nitrogens with zero attached hydrogens (tertiary/aromatic N) is 1. The molecule has 1 N–H and O–H groups in total. The highest BCUT2D eigenvalue weighted by Crippen LogP contribution is 2.34. The molecule has 0 aliphatic carbocycles. The zero-order valence-corrected chi connectivity index (χ0v) is 6.90. The van der Waals surface area contributed by atoms with Gasteiger partial charge in [0.15, 0.2) is 0 Å². The minimum Gasteiger partial charge on any atom is -0.316 e. The van der Waals surface area contributed by atoms with Gasteiger partial charge in [-0.1, -0.05) is 0 Å². The summed E-state index contributed by atoms with van der Waals surface area (Å²) in [4.78, 5) is 22.2. The minimum absolute atomic E-state index is 0.410. The van der Waals surface area contributed by atoms with E-state index in [9.17, 15) is 22.8 Å². The first kappa shape index (κ1) is 9.82. The maximum Gasteiger partial charge on any atom is 0.420 e. The minimum atomic E-state index is -4.77. The van der Waals surface area contributed by atoms with E-state index in [1.54, 1.807) is 5.32 Å². The SMILES string of the molecule is CN1C(=O)NC(C)(C(F)(F)F)C1=O. The van der Waals surface area contributed by atoms with E-state index in [0.29, 0.717) is 11.8 Å². The van der Waals surface area contributed by atoms with Crippen molar-refractivity contribution >= 4 is 11.9 Å². The molecule has 0 bridgehead atoms. The Kier molecular flexibility index (Phi) is 1.78. The maximum atomic E-state index is 12.3. The number of hydrogen-bond acceptors (Lipinski definition) is 2. The van der Waals surface area contributed by atoms with E-state index in [4.69, 9.17) is 0 Å². The average molecular weight is 196 g/mol. The van der Waals surface area contributed by atoms with Gasteiger partial charge in [0.1, 0.15) is 0 Å². The Labute approximate surface area is 71.7 Å². The number of hydrogen-bond donors (Lipinski definition) is 1. The fourth-order valence-electron chi connectivity index (χ4n) is 0.971. The second kappa shape index (κ2) is 2.36. The van der Waals surface area contributed by atoms with E-state index < -0.39 is 23.7 Å². The van der Waals surface area contributed by atoms with Crippen molar-refractivity contribution in [3.8, 4) is 0 Å². The van der Waals surface area contributed by atoms with E-state index >= 15 is 0 Å². The molecule has 74 valence electrons. The summed E-state index contributed by atoms with van der Waals surface area (Å²) in [7, 11) is 0.995. The Bertz CT molecular complexity index is 276. The van der Waals surface area contributed by atoms with Gasteiger partial charge in [0.2, 0.25) is 5.54 Å². The number of carbonyl (C=O) groups excluding carboxylic acids is 2. The monoisotopic (exact) mass is 196 g/mol. The summed E-state index contributed by atoms with van der Waals surface area (Å²) in [5.74, 6) is -1.29. The van der Waals surface area contributed by atoms with Crippen molar-refractivity contribution in [1.29, 1.82) is 0 Å². The molecule has 3 amide bonds. The summed E-state index contributed by atoms with van der Waals surface area (Å²) < 4.78 is 36.8. The van der Waals surface area contributed by atoms with Gasteiger partial charge >= 0.3 is 12.2 Å². The fraction of sp³-hybridized carbons (Fsp3) is 0.667. The van der Waals surface area contributed by atoms with Gasteiger partial charge in [-0.2, -0.15) is 13.2 Å². The van der Waals surface area contributed by atoms with Gasteiger partial charge in [-0.15, -0.1) is 0 Å². The summed E-state index contributed by atoms with van der Waals surface area (Å²) in [6.07, 6.45) is -4.77. The predicted octanol–water partition coefficient (Wildman–Crippen LogP) is 0.489. The van der Waals surface area contributed by atoms with E-state index in [0.717, 1.165) is 7.05 Å². The quantitative estimate of drug-likeness (QED) is 0.573. The Balaban J connectivity index is 3.09. The van der Waals surface area contributed by atoms with Crippen LogP contribution in [0.3, 0.4) is 0 Å². The Hall–Kier alpha value is -1.27. The molecular formula is C6H7F3N2O2. The molecule has 1 heterocycles. The lowest BCUT2D eigenvalue weighted by molar-refractivity contribution is -0.190. The molecule has 1 aliphatic rings. The molecular weight excluding hydrogens is 189 g/mol. The number of nitrogens with one attached hydrogen (secondary N) is 1. The Morgan fingerprint density at radius 3 is 2.00 bits per heavy atom. The number of rotatable bonds is 0. The molecule has 7 heteroatoms. The third-order valence-corrected chi connectivity index (χ3v) is 1.96. The lowest BCUT2D eigenvalue weighted by Gasteiger charge is -2.23. The molecule has 4 nitrogen and oxygen atoms in total. The molecule has 1 unspecified atom stereocenters. The number of halogens is 3. The molecule has 1 fully saturated rings. The standard InChI is InChI=1S/C6H7F3N2O2/c1-5(6(7,8)9)3(12)11(2)4(13)10-5/h1-2H3,(H,10,13). The maximum absolute atomic E-state index is 12.3. The number of likely N-dealkylation sites (N-methyl/N-ethyl adjacent to an activating group) is 1. The van der Waals surface area contributed by atoms with Gasteiger partial charge in [-0.05, 0) is 6.92 Å². The smallest absolute Gasteiger partial charge is 0.316 e. The number of alkyl halides is 3. The highest BCUT2D eigenvalue weighted by atomic mass is 19.4. The largest absolute Gasteiger partial charge is 0.420 e. The van der Waals surface area contributed by atoms with E-state index in [2.05, 4.69) is 0 Å². The van der Waals surface area contributed by atoms with E-state index in [-0.39, 0.29) is 0 Å². The summed E-state index contributed by atoms with van der Waals surface area (Å²) in [6.45, 7) is 0.636. The van der Waals surface area contributed by atoms with Crippen LogP contribution < -0.4 is 5.32 Å². The van der Waals surface area contributed by atoms with Crippen LogP contribution in [0.25, 0.3) is 0 Å². The zero-order valence-electron chi connectivity index (χ0n) is 6.90. The van der Waals surface area contributed by atoms with Crippen molar-refractivity contribution in [3.05, 3.63) is 0 Å². The van der Waals surface area contributed by atoms with Gasteiger partial charge in [0, 0.05) is 7.05 Å². The van der Waals surface area contributed by atoms with Gasteiger partial charge < -0.3 is 5.32 Å². The number of imide groups is 1. The first-order valence-electron chi connectivity index (χ1n) is 3.37. The van der Waals surface area contributed by atoms with Gasteiger partial charge in [-0.25, -0.2) is 4.79 Å². The third-order valence-electron chi connectivity index (χ3n) is 1.96. The molecule has 0 aromatic rings. The Morgan fingerprint density at radius 1 is 1.38 bits per heavy atom. The van der Waals surface area contributed by atoms with Crippen LogP contribution in [0.5, 0.6) is 0 Å². The highest BCUT2D eigenvalue weighted by Gasteiger charge is 2.63. The summed E-state index contributed by atoms with van der Waals surface area (Å²) in [6, 6.07) is -1.04. The number of carbonyl (C=O) groups is 2. The lowest BCUT2D eigenvalue weighted by Crippen LogP contribution is -2.56. The first-order valence-corrected chi connectivity index (χ1v) is 3.37.